The summed E-state index contributed by atoms with van der Waals surface area (Å²) in [5.74, 6) is 0. The maximum Gasteiger partial charge on any atom is 0.0972 e. The lowest BCUT2D eigenvalue weighted by Crippen LogP contribution is -2.51. The standard InChI is InChI=1S/C14H28N2O2/c1-14(2,3)17-18-15-12-8-4-5-9-13(12)16-10-6-7-11-16/h12-13,15H,4-11H2,1-3H3. The largest absolute Gasteiger partial charge is 0.299 e. The first kappa shape index (κ1) is 14.3. The van der Waals surface area contributed by atoms with Crippen LogP contribution in [0.25, 0.3) is 0 Å². The summed E-state index contributed by atoms with van der Waals surface area (Å²) in [5.41, 5.74) is 2.88. The van der Waals surface area contributed by atoms with Crippen LogP contribution in [-0.4, -0.2) is 35.7 Å². The van der Waals surface area contributed by atoms with E-state index in [4.69, 9.17) is 9.88 Å². The van der Waals surface area contributed by atoms with Crippen molar-refractivity contribution < 1.29 is 9.88 Å². The lowest BCUT2D eigenvalue weighted by molar-refractivity contribution is -0.390. The van der Waals surface area contributed by atoms with Gasteiger partial charge in [-0.15, -0.1) is 4.99 Å². The number of rotatable bonds is 4. The number of likely N-dealkylation sites (tertiary alicyclic amines) is 1. The summed E-state index contributed by atoms with van der Waals surface area (Å²) in [4.78, 5) is 13.2. The summed E-state index contributed by atoms with van der Waals surface area (Å²) in [5, 5.41) is 0. The van der Waals surface area contributed by atoms with Gasteiger partial charge in [0, 0.05) is 6.04 Å². The minimum Gasteiger partial charge on any atom is -0.299 e. The molecule has 106 valence electrons. The van der Waals surface area contributed by atoms with Crippen molar-refractivity contribution in [2.75, 3.05) is 13.1 Å². The van der Waals surface area contributed by atoms with Crippen LogP contribution in [0.4, 0.5) is 0 Å². The van der Waals surface area contributed by atoms with Gasteiger partial charge in [-0.25, -0.2) is 4.89 Å². The van der Waals surface area contributed by atoms with E-state index in [2.05, 4.69) is 10.4 Å². The van der Waals surface area contributed by atoms with Crippen LogP contribution < -0.4 is 5.48 Å². The molecule has 1 aliphatic carbocycles. The SMILES string of the molecule is CC(C)(C)OONC1CCCCC1N1CCCC1. The molecule has 2 rings (SSSR count). The number of hydroxylamine groups is 1. The summed E-state index contributed by atoms with van der Waals surface area (Å²) in [7, 11) is 0. The number of nitrogens with one attached hydrogen (secondary N) is 1. The monoisotopic (exact) mass is 256 g/mol. The van der Waals surface area contributed by atoms with Gasteiger partial charge in [0.25, 0.3) is 0 Å². The van der Waals surface area contributed by atoms with Crippen LogP contribution in [-0.2, 0) is 9.88 Å². The number of hydrogen-bond donors (Lipinski definition) is 1. The molecule has 1 aliphatic heterocycles. The number of hydrogen-bond acceptors (Lipinski definition) is 4. The molecule has 0 spiro atoms. The van der Waals surface area contributed by atoms with Gasteiger partial charge in [0.05, 0.1) is 11.6 Å². The van der Waals surface area contributed by atoms with E-state index >= 15 is 0 Å². The first-order chi connectivity index (χ1) is 8.56. The molecule has 0 aromatic carbocycles. The highest BCUT2D eigenvalue weighted by molar-refractivity contribution is 4.88. The van der Waals surface area contributed by atoms with Crippen molar-refractivity contribution in [3.8, 4) is 0 Å². The zero-order chi connectivity index (χ0) is 13.0. The molecule has 0 radical (unpaired) electrons. The molecule has 1 heterocycles. The second-order valence-electron chi connectivity index (χ2n) is 6.60. The molecule has 1 saturated heterocycles. The Hall–Kier alpha value is -0.160. The van der Waals surface area contributed by atoms with E-state index in [9.17, 15) is 0 Å². The summed E-state index contributed by atoms with van der Waals surface area (Å²) in [6.07, 6.45) is 7.82. The van der Waals surface area contributed by atoms with Crippen molar-refractivity contribution in [3.63, 3.8) is 0 Å². The Morgan fingerprint density at radius 1 is 1.00 bits per heavy atom. The Morgan fingerprint density at radius 3 is 2.33 bits per heavy atom. The first-order valence-corrected chi connectivity index (χ1v) is 7.40. The van der Waals surface area contributed by atoms with Gasteiger partial charge in [-0.05, 0) is 59.5 Å². The van der Waals surface area contributed by atoms with E-state index in [0.29, 0.717) is 12.1 Å². The third kappa shape index (κ3) is 4.19. The molecule has 1 saturated carbocycles. The Morgan fingerprint density at radius 2 is 1.67 bits per heavy atom. The molecule has 2 aliphatic rings. The van der Waals surface area contributed by atoms with Crippen LogP contribution in [0.5, 0.6) is 0 Å². The van der Waals surface area contributed by atoms with Gasteiger partial charge in [0.2, 0.25) is 0 Å². The molecule has 4 nitrogen and oxygen atoms in total. The van der Waals surface area contributed by atoms with Gasteiger partial charge in [-0.3, -0.25) is 4.90 Å². The van der Waals surface area contributed by atoms with Gasteiger partial charge in [-0.2, -0.15) is 5.48 Å². The molecule has 0 aromatic rings. The van der Waals surface area contributed by atoms with Gasteiger partial charge < -0.3 is 0 Å². The Balaban J connectivity index is 1.80. The van der Waals surface area contributed by atoms with Gasteiger partial charge >= 0.3 is 0 Å². The van der Waals surface area contributed by atoms with Crippen LogP contribution in [0, 0.1) is 0 Å². The van der Waals surface area contributed by atoms with Crippen LogP contribution in [0.1, 0.15) is 59.3 Å². The summed E-state index contributed by atoms with van der Waals surface area (Å²) in [6, 6.07) is 1.05. The molecule has 4 heteroatoms. The lowest BCUT2D eigenvalue weighted by atomic mass is 9.90. The van der Waals surface area contributed by atoms with Gasteiger partial charge in [0.1, 0.15) is 0 Å². The van der Waals surface area contributed by atoms with Crippen molar-refractivity contribution in [1.82, 2.24) is 10.4 Å². The van der Waals surface area contributed by atoms with Crippen LogP contribution in [0.2, 0.25) is 0 Å². The molecule has 18 heavy (non-hydrogen) atoms. The fraction of sp³-hybridized carbons (Fsp3) is 1.00. The van der Waals surface area contributed by atoms with E-state index in [1.54, 1.807) is 0 Å². The highest BCUT2D eigenvalue weighted by Crippen LogP contribution is 2.26. The Kier molecular flexibility index (Phi) is 5.01. The predicted octanol–water partition coefficient (Wildman–Crippen LogP) is 2.64. The summed E-state index contributed by atoms with van der Waals surface area (Å²) in [6.45, 7) is 8.49. The summed E-state index contributed by atoms with van der Waals surface area (Å²) < 4.78 is 0. The second-order valence-corrected chi connectivity index (χ2v) is 6.60. The van der Waals surface area contributed by atoms with Crippen molar-refractivity contribution in [2.45, 2.75) is 77.0 Å². The van der Waals surface area contributed by atoms with E-state index in [-0.39, 0.29) is 5.60 Å². The molecular formula is C14H28N2O2. The van der Waals surface area contributed by atoms with Gasteiger partial charge in [-0.1, -0.05) is 12.8 Å². The highest BCUT2D eigenvalue weighted by atomic mass is 17.3. The van der Waals surface area contributed by atoms with Crippen molar-refractivity contribution >= 4 is 0 Å². The topological polar surface area (TPSA) is 33.7 Å². The van der Waals surface area contributed by atoms with Crippen LogP contribution in [0.15, 0.2) is 0 Å². The molecule has 0 bridgehead atoms. The maximum atomic E-state index is 5.31. The average molecular weight is 256 g/mol. The molecular weight excluding hydrogens is 228 g/mol. The van der Waals surface area contributed by atoms with Crippen LogP contribution >= 0.6 is 0 Å². The molecule has 1 N–H and O–H groups in total. The Bertz CT molecular complexity index is 247. The lowest BCUT2D eigenvalue weighted by Gasteiger charge is -2.37. The minimum atomic E-state index is -0.259. The Labute approximate surface area is 111 Å². The highest BCUT2D eigenvalue weighted by Gasteiger charge is 2.32. The third-order valence-electron chi connectivity index (χ3n) is 3.83. The third-order valence-corrected chi connectivity index (χ3v) is 3.83. The average Bonchev–Trinajstić information content (AvgIpc) is 2.81. The molecule has 2 unspecified atom stereocenters. The molecule has 2 fully saturated rings. The maximum absolute atomic E-state index is 5.31. The number of nitrogens with zero attached hydrogens (tertiary/aromatic N) is 1. The smallest absolute Gasteiger partial charge is 0.0972 e. The van der Waals surface area contributed by atoms with E-state index in [1.165, 1.54) is 51.6 Å². The minimum absolute atomic E-state index is 0.259. The first-order valence-electron chi connectivity index (χ1n) is 7.40. The fourth-order valence-electron chi connectivity index (χ4n) is 2.97. The van der Waals surface area contributed by atoms with Crippen molar-refractivity contribution in [2.24, 2.45) is 0 Å². The molecule has 0 aromatic heterocycles. The van der Waals surface area contributed by atoms with Crippen molar-refractivity contribution in [1.29, 1.82) is 0 Å². The van der Waals surface area contributed by atoms with Gasteiger partial charge in [0.15, 0.2) is 0 Å². The van der Waals surface area contributed by atoms with Crippen LogP contribution in [0.3, 0.4) is 0 Å². The van der Waals surface area contributed by atoms with E-state index in [1.807, 2.05) is 20.8 Å². The zero-order valence-corrected chi connectivity index (χ0v) is 12.1. The predicted molar refractivity (Wildman–Crippen MR) is 71.9 cm³/mol. The quantitative estimate of drug-likeness (QED) is 0.619. The summed E-state index contributed by atoms with van der Waals surface area (Å²) >= 11 is 0. The normalized spacial score (nSPS) is 30.8. The van der Waals surface area contributed by atoms with E-state index < -0.39 is 0 Å². The zero-order valence-electron chi connectivity index (χ0n) is 12.1. The van der Waals surface area contributed by atoms with Crippen molar-refractivity contribution in [3.05, 3.63) is 0 Å². The molecule has 2 atom stereocenters. The van der Waals surface area contributed by atoms with E-state index in [0.717, 1.165) is 0 Å². The fourth-order valence-corrected chi connectivity index (χ4v) is 2.97. The second kappa shape index (κ2) is 6.33. The molecule has 0 amide bonds.